The minimum absolute atomic E-state index is 0.206. The molecule has 1 saturated carbocycles. The minimum atomic E-state index is 0.206. The van der Waals surface area contributed by atoms with Crippen LogP contribution >= 0.6 is 11.8 Å². The van der Waals surface area contributed by atoms with Crippen molar-refractivity contribution in [2.45, 2.75) is 37.9 Å². The van der Waals surface area contributed by atoms with Gasteiger partial charge in [0.2, 0.25) is 5.91 Å². The van der Waals surface area contributed by atoms with Gasteiger partial charge in [0.1, 0.15) is 0 Å². The highest BCUT2D eigenvalue weighted by atomic mass is 32.2. The van der Waals surface area contributed by atoms with Crippen molar-refractivity contribution in [1.82, 2.24) is 14.9 Å². The molecule has 0 bridgehead atoms. The molecule has 3 aromatic rings. The normalized spacial score (nSPS) is 13.4. The smallest absolute Gasteiger partial charge is 0.223 e. The molecular formula is C24H27N3OS. The SMILES string of the molecule is CCCn1c(SCCNC(=O)C2CC2)nc(-c2ccccc2)c1-c1ccccc1. The van der Waals surface area contributed by atoms with Crippen LogP contribution in [0.4, 0.5) is 0 Å². The number of hydrogen-bond donors (Lipinski definition) is 1. The van der Waals surface area contributed by atoms with E-state index in [1.807, 2.05) is 12.1 Å². The molecule has 1 aliphatic carbocycles. The second-order valence-corrected chi connectivity index (χ2v) is 8.45. The average Bonchev–Trinajstić information content (AvgIpc) is 3.56. The number of thioether (sulfide) groups is 1. The summed E-state index contributed by atoms with van der Waals surface area (Å²) in [5.74, 6) is 1.29. The summed E-state index contributed by atoms with van der Waals surface area (Å²) in [5.41, 5.74) is 4.50. The third kappa shape index (κ3) is 4.73. The summed E-state index contributed by atoms with van der Waals surface area (Å²) in [7, 11) is 0. The van der Waals surface area contributed by atoms with E-state index in [2.05, 4.69) is 65.3 Å². The van der Waals surface area contributed by atoms with Crippen molar-refractivity contribution in [3.05, 3.63) is 60.7 Å². The summed E-state index contributed by atoms with van der Waals surface area (Å²) < 4.78 is 2.34. The number of hydrogen-bond acceptors (Lipinski definition) is 3. The van der Waals surface area contributed by atoms with Gasteiger partial charge in [-0.15, -0.1) is 0 Å². The van der Waals surface area contributed by atoms with E-state index in [-0.39, 0.29) is 11.8 Å². The van der Waals surface area contributed by atoms with Crippen molar-refractivity contribution < 1.29 is 4.79 Å². The van der Waals surface area contributed by atoms with Gasteiger partial charge >= 0.3 is 0 Å². The zero-order valence-corrected chi connectivity index (χ0v) is 17.6. The van der Waals surface area contributed by atoms with Crippen LogP contribution < -0.4 is 5.32 Å². The largest absolute Gasteiger partial charge is 0.355 e. The van der Waals surface area contributed by atoms with Crippen molar-refractivity contribution in [3.63, 3.8) is 0 Å². The van der Waals surface area contributed by atoms with Crippen LogP contribution in [0.3, 0.4) is 0 Å². The van der Waals surface area contributed by atoms with Crippen LogP contribution in [-0.4, -0.2) is 27.8 Å². The molecule has 4 rings (SSSR count). The van der Waals surface area contributed by atoms with E-state index in [0.717, 1.165) is 48.0 Å². The van der Waals surface area contributed by atoms with Crippen LogP contribution in [0.1, 0.15) is 26.2 Å². The molecule has 0 unspecified atom stereocenters. The molecule has 1 fully saturated rings. The van der Waals surface area contributed by atoms with Crippen molar-refractivity contribution in [3.8, 4) is 22.5 Å². The van der Waals surface area contributed by atoms with Gasteiger partial charge in [-0.1, -0.05) is 79.3 Å². The van der Waals surface area contributed by atoms with Crippen LogP contribution in [-0.2, 0) is 11.3 Å². The molecule has 1 aromatic heterocycles. The maximum Gasteiger partial charge on any atom is 0.223 e. The minimum Gasteiger partial charge on any atom is -0.355 e. The van der Waals surface area contributed by atoms with Gasteiger partial charge in [0.25, 0.3) is 0 Å². The van der Waals surface area contributed by atoms with Crippen molar-refractivity contribution in [1.29, 1.82) is 0 Å². The Morgan fingerprint density at radius 1 is 1.07 bits per heavy atom. The molecule has 4 nitrogen and oxygen atoms in total. The van der Waals surface area contributed by atoms with E-state index in [1.54, 1.807) is 11.8 Å². The van der Waals surface area contributed by atoms with Gasteiger partial charge in [0, 0.05) is 35.9 Å². The summed E-state index contributed by atoms with van der Waals surface area (Å²) in [4.78, 5) is 16.9. The van der Waals surface area contributed by atoms with Crippen LogP contribution in [0.15, 0.2) is 65.8 Å². The van der Waals surface area contributed by atoms with Gasteiger partial charge < -0.3 is 9.88 Å². The van der Waals surface area contributed by atoms with Gasteiger partial charge in [-0.05, 0) is 19.3 Å². The molecule has 29 heavy (non-hydrogen) atoms. The number of benzene rings is 2. The predicted octanol–water partition coefficient (Wildman–Crippen LogP) is 5.25. The molecule has 0 radical (unpaired) electrons. The number of aromatic nitrogens is 2. The Bertz CT molecular complexity index is 949. The zero-order valence-electron chi connectivity index (χ0n) is 16.8. The third-order valence-electron chi connectivity index (χ3n) is 5.05. The van der Waals surface area contributed by atoms with Crippen LogP contribution in [0.25, 0.3) is 22.5 Å². The monoisotopic (exact) mass is 405 g/mol. The highest BCUT2D eigenvalue weighted by Gasteiger charge is 2.29. The number of amides is 1. The molecule has 0 atom stereocenters. The van der Waals surface area contributed by atoms with E-state index in [0.29, 0.717) is 6.54 Å². The van der Waals surface area contributed by atoms with Gasteiger partial charge in [-0.2, -0.15) is 0 Å². The van der Waals surface area contributed by atoms with Gasteiger partial charge in [-0.25, -0.2) is 4.98 Å². The summed E-state index contributed by atoms with van der Waals surface area (Å²) in [5, 5.41) is 4.07. The fourth-order valence-electron chi connectivity index (χ4n) is 3.47. The van der Waals surface area contributed by atoms with E-state index < -0.39 is 0 Å². The van der Waals surface area contributed by atoms with Crippen molar-refractivity contribution >= 4 is 17.7 Å². The zero-order chi connectivity index (χ0) is 20.1. The molecule has 0 spiro atoms. The summed E-state index contributed by atoms with van der Waals surface area (Å²) >= 11 is 1.72. The van der Waals surface area contributed by atoms with Crippen molar-refractivity contribution in [2.75, 3.05) is 12.3 Å². The maximum absolute atomic E-state index is 11.9. The lowest BCUT2D eigenvalue weighted by Crippen LogP contribution is -2.27. The maximum atomic E-state index is 11.9. The standard InChI is InChI=1S/C24H27N3OS/c1-2-16-27-22(19-11-7-4-8-12-19)21(18-9-5-3-6-10-18)26-24(27)29-17-15-25-23(28)20-13-14-20/h3-12,20H,2,13-17H2,1H3,(H,25,28). The molecule has 1 aliphatic rings. The fourth-order valence-corrected chi connectivity index (χ4v) is 4.35. The Balaban J connectivity index is 1.63. The average molecular weight is 406 g/mol. The van der Waals surface area contributed by atoms with E-state index >= 15 is 0 Å². The van der Waals surface area contributed by atoms with Gasteiger partial charge in [0.15, 0.2) is 5.16 Å². The topological polar surface area (TPSA) is 46.9 Å². The molecule has 1 heterocycles. The first-order chi connectivity index (χ1) is 14.3. The Hall–Kier alpha value is -2.53. The lowest BCUT2D eigenvalue weighted by Gasteiger charge is -2.12. The predicted molar refractivity (Wildman–Crippen MR) is 120 cm³/mol. The summed E-state index contributed by atoms with van der Waals surface area (Å²) in [6, 6.07) is 20.9. The van der Waals surface area contributed by atoms with E-state index in [4.69, 9.17) is 4.98 Å². The first-order valence-corrected chi connectivity index (χ1v) is 11.4. The molecular weight excluding hydrogens is 378 g/mol. The van der Waals surface area contributed by atoms with E-state index in [1.165, 1.54) is 11.3 Å². The summed E-state index contributed by atoms with van der Waals surface area (Å²) in [6.45, 7) is 3.79. The second kappa shape index (κ2) is 9.31. The van der Waals surface area contributed by atoms with Gasteiger partial charge in [-0.3, -0.25) is 4.79 Å². The first-order valence-electron chi connectivity index (χ1n) is 10.4. The highest BCUT2D eigenvalue weighted by molar-refractivity contribution is 7.99. The molecule has 0 aliphatic heterocycles. The second-order valence-electron chi connectivity index (χ2n) is 7.39. The summed E-state index contributed by atoms with van der Waals surface area (Å²) in [6.07, 6.45) is 3.12. The number of imidazole rings is 1. The molecule has 0 saturated heterocycles. The van der Waals surface area contributed by atoms with Gasteiger partial charge in [0.05, 0.1) is 11.4 Å². The lowest BCUT2D eigenvalue weighted by atomic mass is 10.0. The molecule has 2 aromatic carbocycles. The number of nitrogens with zero attached hydrogens (tertiary/aromatic N) is 2. The molecule has 1 N–H and O–H groups in total. The number of nitrogens with one attached hydrogen (secondary N) is 1. The van der Waals surface area contributed by atoms with Crippen LogP contribution in [0.2, 0.25) is 0 Å². The fraction of sp³-hybridized carbons (Fsp3) is 0.333. The Kier molecular flexibility index (Phi) is 6.35. The number of rotatable bonds is 9. The number of carbonyl (C=O) groups excluding carboxylic acids is 1. The Morgan fingerprint density at radius 2 is 1.72 bits per heavy atom. The molecule has 5 heteroatoms. The van der Waals surface area contributed by atoms with Crippen molar-refractivity contribution in [2.24, 2.45) is 5.92 Å². The molecule has 150 valence electrons. The molecule has 1 amide bonds. The van der Waals surface area contributed by atoms with E-state index in [9.17, 15) is 4.79 Å². The highest BCUT2D eigenvalue weighted by Crippen LogP contribution is 2.36. The quantitative estimate of drug-likeness (QED) is 0.391. The first kappa shape index (κ1) is 19.8. The number of carbonyl (C=O) groups is 1. The lowest BCUT2D eigenvalue weighted by molar-refractivity contribution is -0.122. The van der Waals surface area contributed by atoms with Crippen LogP contribution in [0, 0.1) is 5.92 Å². The third-order valence-corrected chi connectivity index (χ3v) is 6.03. The Morgan fingerprint density at radius 3 is 2.34 bits per heavy atom. The Labute approximate surface area is 176 Å². The van der Waals surface area contributed by atoms with Crippen LogP contribution in [0.5, 0.6) is 0 Å².